The molecule has 0 bridgehead atoms. The zero-order valence-electron chi connectivity index (χ0n) is 19.4. The highest BCUT2D eigenvalue weighted by atomic mass is 16.6. The normalized spacial score (nSPS) is 18.2. The summed E-state index contributed by atoms with van der Waals surface area (Å²) in [5, 5.41) is 21.7. The van der Waals surface area contributed by atoms with E-state index >= 15 is 0 Å². The van der Waals surface area contributed by atoms with Crippen molar-refractivity contribution in [3.05, 3.63) is 69.5 Å². The number of nitrogens with one attached hydrogen (secondary N) is 2. The van der Waals surface area contributed by atoms with E-state index in [0.717, 1.165) is 11.4 Å². The van der Waals surface area contributed by atoms with E-state index in [-0.39, 0.29) is 18.0 Å². The van der Waals surface area contributed by atoms with E-state index in [9.17, 15) is 10.1 Å². The molecule has 2 N–H and O–H groups in total. The average molecular weight is 455 g/mol. The number of nitrogens with zero attached hydrogens (tertiary/aromatic N) is 6. The molecular formula is C22H30N8O3. The number of hydrogen-bond acceptors (Lipinski definition) is 10. The predicted molar refractivity (Wildman–Crippen MR) is 131 cm³/mol. The van der Waals surface area contributed by atoms with Gasteiger partial charge < -0.3 is 25.3 Å². The van der Waals surface area contributed by atoms with E-state index in [1.165, 1.54) is 0 Å². The number of methoxy groups -OCH3 is 1. The van der Waals surface area contributed by atoms with Gasteiger partial charge in [-0.05, 0) is 24.9 Å². The Bertz CT molecular complexity index is 1010. The number of aliphatic imine (C=N–C) groups is 2. The molecule has 2 aliphatic rings. The zero-order valence-corrected chi connectivity index (χ0v) is 19.4. The highest BCUT2D eigenvalue weighted by Crippen LogP contribution is 2.33. The maximum Gasteiger partial charge on any atom is 0.259 e. The quantitative estimate of drug-likeness (QED) is 0.315. The fraction of sp³-hybridized carbons (Fsp3) is 0.364. The topological polar surface area (TPSA) is 111 Å². The molecule has 1 aliphatic heterocycles. The van der Waals surface area contributed by atoms with Gasteiger partial charge in [-0.25, -0.2) is 10.0 Å². The molecule has 33 heavy (non-hydrogen) atoms. The molecular weight excluding hydrogens is 424 g/mol. The van der Waals surface area contributed by atoms with Crippen molar-refractivity contribution in [3.8, 4) is 0 Å². The van der Waals surface area contributed by atoms with Crippen molar-refractivity contribution in [1.82, 2.24) is 15.3 Å². The monoisotopic (exact) mass is 454 g/mol. The van der Waals surface area contributed by atoms with Crippen LogP contribution in [0.5, 0.6) is 0 Å². The molecule has 11 nitrogen and oxygen atoms in total. The summed E-state index contributed by atoms with van der Waals surface area (Å²) in [6, 6.07) is 7.07. The van der Waals surface area contributed by atoms with Crippen LogP contribution in [-0.2, 0) is 4.74 Å². The van der Waals surface area contributed by atoms with Gasteiger partial charge in [0.25, 0.3) is 6.04 Å². The fourth-order valence-corrected chi connectivity index (χ4v) is 3.63. The van der Waals surface area contributed by atoms with Gasteiger partial charge >= 0.3 is 0 Å². The van der Waals surface area contributed by atoms with Crippen LogP contribution in [0.4, 0.5) is 11.4 Å². The van der Waals surface area contributed by atoms with Gasteiger partial charge in [0, 0.05) is 38.4 Å². The third-order valence-electron chi connectivity index (χ3n) is 5.54. The Hall–Kier alpha value is -3.86. The number of hydrazine groups is 1. The highest BCUT2D eigenvalue weighted by molar-refractivity contribution is 5.80. The third-order valence-corrected chi connectivity index (χ3v) is 5.54. The van der Waals surface area contributed by atoms with E-state index in [2.05, 4.69) is 27.3 Å². The van der Waals surface area contributed by atoms with E-state index in [4.69, 9.17) is 4.74 Å². The molecule has 0 saturated carbocycles. The molecule has 0 amide bonds. The lowest BCUT2D eigenvalue weighted by Crippen LogP contribution is -2.42. The van der Waals surface area contributed by atoms with Crippen molar-refractivity contribution < 1.29 is 9.66 Å². The Morgan fingerprint density at radius 3 is 2.85 bits per heavy atom. The number of benzene rings is 1. The van der Waals surface area contributed by atoms with Crippen LogP contribution in [-0.4, -0.2) is 75.5 Å². The molecule has 1 unspecified atom stereocenters. The number of likely N-dealkylation sites (N-methyl/N-ethyl adjacent to an activating group) is 1. The summed E-state index contributed by atoms with van der Waals surface area (Å²) in [5.74, 6) is 1.22. The van der Waals surface area contributed by atoms with Crippen molar-refractivity contribution in [2.45, 2.75) is 12.5 Å². The first kappa shape index (κ1) is 23.8. The summed E-state index contributed by atoms with van der Waals surface area (Å²) in [6.07, 6.45) is 5.29. The lowest BCUT2D eigenvalue weighted by atomic mass is 10.0. The van der Waals surface area contributed by atoms with Crippen LogP contribution in [0.3, 0.4) is 0 Å². The largest absolute Gasteiger partial charge is 0.495 e. The molecule has 1 heterocycles. The average Bonchev–Trinajstić information content (AvgIpc) is 3.24. The molecule has 11 heteroatoms. The Morgan fingerprint density at radius 2 is 2.18 bits per heavy atom. The van der Waals surface area contributed by atoms with Gasteiger partial charge in [-0.3, -0.25) is 15.1 Å². The maximum atomic E-state index is 11.7. The Balaban J connectivity index is 1.69. The number of anilines is 2. The molecule has 0 spiro atoms. The highest BCUT2D eigenvalue weighted by Gasteiger charge is 2.35. The first-order valence-corrected chi connectivity index (χ1v) is 10.4. The van der Waals surface area contributed by atoms with Gasteiger partial charge in [0.05, 0.1) is 37.3 Å². The summed E-state index contributed by atoms with van der Waals surface area (Å²) < 4.78 is 5.48. The van der Waals surface area contributed by atoms with Gasteiger partial charge in [-0.1, -0.05) is 12.1 Å². The number of para-hydroxylation sites is 2. The Labute approximate surface area is 193 Å². The smallest absolute Gasteiger partial charge is 0.259 e. The number of fused-ring (bicyclic) bond motifs is 1. The van der Waals surface area contributed by atoms with Gasteiger partial charge in [0.1, 0.15) is 23.9 Å². The summed E-state index contributed by atoms with van der Waals surface area (Å²) in [6.45, 7) is 4.49. The number of nitro groups is 1. The van der Waals surface area contributed by atoms with E-state index in [1.54, 1.807) is 42.5 Å². The number of allylic oxidation sites excluding steroid dienone is 2. The molecule has 3 rings (SSSR count). The lowest BCUT2D eigenvalue weighted by molar-refractivity contribution is -0.515. The minimum Gasteiger partial charge on any atom is -0.495 e. The second kappa shape index (κ2) is 10.6. The molecule has 176 valence electrons. The van der Waals surface area contributed by atoms with Crippen LogP contribution in [0.25, 0.3) is 0 Å². The Morgan fingerprint density at radius 1 is 1.42 bits per heavy atom. The lowest BCUT2D eigenvalue weighted by Gasteiger charge is -2.32. The number of rotatable bonds is 10. The Kier molecular flexibility index (Phi) is 7.67. The molecule has 0 aromatic heterocycles. The molecule has 0 fully saturated rings. The number of hydrogen-bond donors (Lipinski definition) is 2. The second-order valence-electron chi connectivity index (χ2n) is 7.62. The standard InChI is InChI=1S/C22H30N8O3/c1-23-22(29-15-26-16-8-6-7-9-18(16)29)10-11-24-14-25-17-12-20(30(31)32)19(13-21(17)33-5)28(4)27(2)3/h6-11,13,20,25-26H,1,12,14-15H2,2-5H3/b22-10+,24-11-. The van der Waals surface area contributed by atoms with Crippen LogP contribution in [0.2, 0.25) is 0 Å². The summed E-state index contributed by atoms with van der Waals surface area (Å²) >= 11 is 0. The SMILES string of the molecule is C=N/C(=C\C=N/CNC1=C(OC)C=C(N(C)N(C)C)C([N+](=O)[O-])C1)N1CNc2ccccc21. The van der Waals surface area contributed by atoms with Crippen LogP contribution >= 0.6 is 0 Å². The van der Waals surface area contributed by atoms with E-state index in [0.29, 0.717) is 29.6 Å². The van der Waals surface area contributed by atoms with Crippen molar-refractivity contribution in [3.63, 3.8) is 0 Å². The maximum absolute atomic E-state index is 11.7. The molecule has 1 aromatic rings. The van der Waals surface area contributed by atoms with Crippen molar-refractivity contribution in [1.29, 1.82) is 0 Å². The summed E-state index contributed by atoms with van der Waals surface area (Å²) in [4.78, 5) is 21.9. The fourth-order valence-electron chi connectivity index (χ4n) is 3.63. The van der Waals surface area contributed by atoms with Crippen LogP contribution in [0, 0.1) is 10.1 Å². The predicted octanol–water partition coefficient (Wildman–Crippen LogP) is 2.24. The van der Waals surface area contributed by atoms with E-state index < -0.39 is 6.04 Å². The van der Waals surface area contributed by atoms with Crippen molar-refractivity contribution in [2.75, 3.05) is 51.8 Å². The first-order chi connectivity index (χ1) is 15.9. The summed E-state index contributed by atoms with van der Waals surface area (Å²) in [5.41, 5.74) is 3.25. The molecule has 1 aliphatic carbocycles. The van der Waals surface area contributed by atoms with Gasteiger partial charge in [-0.15, -0.1) is 0 Å². The summed E-state index contributed by atoms with van der Waals surface area (Å²) in [7, 11) is 6.98. The molecule has 1 atom stereocenters. The van der Waals surface area contributed by atoms with Gasteiger partial charge in [0.2, 0.25) is 0 Å². The third kappa shape index (κ3) is 5.32. The van der Waals surface area contributed by atoms with E-state index in [1.807, 2.05) is 43.3 Å². The molecule has 1 aromatic carbocycles. The number of ether oxygens (including phenoxy) is 1. The first-order valence-electron chi connectivity index (χ1n) is 10.4. The van der Waals surface area contributed by atoms with Crippen molar-refractivity contribution >= 4 is 24.3 Å². The van der Waals surface area contributed by atoms with Crippen LogP contribution in [0.15, 0.2) is 69.4 Å². The molecule has 0 radical (unpaired) electrons. The second-order valence-corrected chi connectivity index (χ2v) is 7.62. The van der Waals surface area contributed by atoms with Crippen LogP contribution in [0.1, 0.15) is 6.42 Å². The zero-order chi connectivity index (χ0) is 24.0. The molecule has 0 saturated heterocycles. The van der Waals surface area contributed by atoms with Crippen molar-refractivity contribution in [2.24, 2.45) is 9.98 Å². The van der Waals surface area contributed by atoms with Gasteiger partial charge in [0.15, 0.2) is 0 Å². The van der Waals surface area contributed by atoms with Gasteiger partial charge in [-0.2, -0.15) is 0 Å². The minimum atomic E-state index is -0.887. The van der Waals surface area contributed by atoms with Crippen LogP contribution < -0.4 is 15.5 Å². The minimum absolute atomic E-state index is 0.182.